The number of azo groups is 2. The van der Waals surface area contributed by atoms with Crippen LogP contribution >= 0.6 is 0 Å². The summed E-state index contributed by atoms with van der Waals surface area (Å²) in [6, 6.07) is 40.3. The molecule has 0 unspecified atom stereocenters. The zero-order valence-electron chi connectivity index (χ0n) is 39.3. The predicted octanol–water partition coefficient (Wildman–Crippen LogP) is 18.8. The number of aromatic hydroxyl groups is 1. The van der Waals surface area contributed by atoms with Gasteiger partial charge in [0, 0.05) is 24.7 Å². The van der Waals surface area contributed by atoms with Gasteiger partial charge in [-0.3, -0.25) is 0 Å². The highest BCUT2D eigenvalue weighted by Gasteiger charge is 2.11. The van der Waals surface area contributed by atoms with Gasteiger partial charge in [0.2, 0.25) is 0 Å². The van der Waals surface area contributed by atoms with E-state index < -0.39 is 0 Å². The lowest BCUT2D eigenvalue weighted by Gasteiger charge is -2.10. The molecule has 0 aliphatic rings. The van der Waals surface area contributed by atoms with Gasteiger partial charge < -0.3 is 10.4 Å². The molecule has 2 N–H and O–H groups in total. The first kappa shape index (κ1) is 55.5. The largest absolute Gasteiger partial charge is 0.505 e. The fourth-order valence-electron chi connectivity index (χ4n) is 4.80. The molecular weight excluding hydrogens is 723 g/mol. The number of nitrogens with one attached hydrogen (secondary N) is 1. The van der Waals surface area contributed by atoms with Crippen LogP contribution in [-0.4, -0.2) is 18.7 Å². The van der Waals surface area contributed by atoms with Crippen molar-refractivity contribution < 1.29 is 5.11 Å². The van der Waals surface area contributed by atoms with Gasteiger partial charge in [-0.2, -0.15) is 15.3 Å². The highest BCUT2D eigenvalue weighted by molar-refractivity contribution is 5.95. The highest BCUT2D eigenvalue weighted by atomic mass is 16.3. The number of fused-ring (bicyclic) bond motifs is 2. The number of phenols is 1. The first-order valence-electron chi connectivity index (χ1n) is 21.8. The van der Waals surface area contributed by atoms with Crippen molar-refractivity contribution >= 4 is 56.4 Å². The average molecular weight is 800 g/mol. The van der Waals surface area contributed by atoms with Crippen LogP contribution in [0, 0.1) is 6.92 Å². The highest BCUT2D eigenvalue weighted by Crippen LogP contribution is 2.39. The van der Waals surface area contributed by atoms with E-state index >= 15 is 0 Å². The van der Waals surface area contributed by atoms with Crippen molar-refractivity contribution in [3.8, 4) is 5.75 Å². The van der Waals surface area contributed by atoms with E-state index in [1.54, 1.807) is 7.05 Å². The Balaban J connectivity index is 0. The summed E-state index contributed by atoms with van der Waals surface area (Å²) in [6.07, 6.45) is 7.83. The van der Waals surface area contributed by atoms with Crippen molar-refractivity contribution in [1.29, 1.82) is 0 Å². The molecule has 0 spiro atoms. The number of phenolic OH excluding ortho intramolecular Hbond substituents is 1. The molecule has 6 nitrogen and oxygen atoms in total. The Kier molecular flexibility index (Phi) is 34.5. The zero-order chi connectivity index (χ0) is 44.8. The topological polar surface area (TPSA) is 81.7 Å². The summed E-state index contributed by atoms with van der Waals surface area (Å²) in [5, 5.41) is 35.0. The summed E-state index contributed by atoms with van der Waals surface area (Å²) in [6.45, 7) is 29.5. The standard InChI is InChI=1S/C28H27N5O.C10H8.3C3H8.3C2H6/c1-4-30-25-16-11-22-17-19(2)27(28(34)26(22)18-25)33-32-24-14-9-21(10-15-24)6-5-20-7-12-23(13-8-20)31-29-3;1-2-6-10-8-4-3-7-9(10)5-1;3*1-3-2;3*1-2/h5-18,30,34H,4H2,1-3H3;1-8H;3*3H2,1-2H3;3*1-2H3. The van der Waals surface area contributed by atoms with E-state index in [9.17, 15) is 5.11 Å². The maximum atomic E-state index is 10.9. The van der Waals surface area contributed by atoms with E-state index in [1.807, 2.05) is 140 Å². The molecule has 6 aromatic carbocycles. The molecule has 0 aliphatic carbocycles. The fourth-order valence-corrected chi connectivity index (χ4v) is 4.80. The lowest BCUT2D eigenvalue weighted by molar-refractivity contribution is 0.482. The molecule has 0 fully saturated rings. The van der Waals surface area contributed by atoms with E-state index in [1.165, 1.54) is 30.0 Å². The summed E-state index contributed by atoms with van der Waals surface area (Å²) < 4.78 is 0. The normalized spacial score (nSPS) is 9.75. The molecule has 320 valence electrons. The van der Waals surface area contributed by atoms with Gasteiger partial charge in [0.25, 0.3) is 0 Å². The van der Waals surface area contributed by atoms with Crippen LogP contribution in [0.2, 0.25) is 0 Å². The van der Waals surface area contributed by atoms with E-state index in [4.69, 9.17) is 0 Å². The molecule has 0 saturated carbocycles. The number of hydrogen-bond donors (Lipinski definition) is 2. The van der Waals surface area contributed by atoms with Crippen molar-refractivity contribution in [2.24, 2.45) is 20.5 Å². The summed E-state index contributed by atoms with van der Waals surface area (Å²) >= 11 is 0. The SMILES string of the molecule is CC.CC.CC.CCC.CCC.CCC.CCNc1ccc2cc(C)c(N=Nc3ccc(C=Cc4ccc(N=NC)cc4)cc3)c(O)c2c1.c1ccc2ccccc2c1. The van der Waals surface area contributed by atoms with E-state index in [-0.39, 0.29) is 5.75 Å². The fraction of sp³-hybridized carbons (Fsp3) is 0.358. The average Bonchev–Trinajstić information content (AvgIpc) is 3.27. The second kappa shape index (κ2) is 36.7. The molecule has 6 heteroatoms. The Morgan fingerprint density at radius 1 is 0.508 bits per heavy atom. The Hall–Kier alpha value is -5.62. The summed E-state index contributed by atoms with van der Waals surface area (Å²) in [7, 11) is 1.66. The Labute approximate surface area is 359 Å². The maximum absolute atomic E-state index is 10.9. The molecule has 6 aromatic rings. The Morgan fingerprint density at radius 3 is 1.31 bits per heavy atom. The molecule has 0 radical (unpaired) electrons. The molecule has 0 aromatic heterocycles. The van der Waals surface area contributed by atoms with E-state index in [0.717, 1.165) is 45.4 Å². The summed E-state index contributed by atoms with van der Waals surface area (Å²) in [4.78, 5) is 0. The minimum absolute atomic E-state index is 0.143. The van der Waals surface area contributed by atoms with Gasteiger partial charge in [-0.25, -0.2) is 0 Å². The van der Waals surface area contributed by atoms with Gasteiger partial charge in [0.15, 0.2) is 5.75 Å². The van der Waals surface area contributed by atoms with Gasteiger partial charge in [-0.05, 0) is 89.2 Å². The van der Waals surface area contributed by atoms with Gasteiger partial charge >= 0.3 is 0 Å². The van der Waals surface area contributed by atoms with Crippen LogP contribution < -0.4 is 5.32 Å². The van der Waals surface area contributed by atoms with Gasteiger partial charge in [-0.15, -0.1) is 5.11 Å². The smallest absolute Gasteiger partial charge is 0.151 e. The summed E-state index contributed by atoms with van der Waals surface area (Å²) in [5.41, 5.74) is 6.00. The second-order valence-corrected chi connectivity index (χ2v) is 12.3. The number of anilines is 1. The molecule has 6 rings (SSSR count). The van der Waals surface area contributed by atoms with Crippen LogP contribution in [0.25, 0.3) is 33.7 Å². The Bertz CT molecular complexity index is 1930. The van der Waals surface area contributed by atoms with E-state index in [2.05, 4.69) is 116 Å². The van der Waals surface area contributed by atoms with Crippen molar-refractivity contribution in [1.82, 2.24) is 0 Å². The second-order valence-electron chi connectivity index (χ2n) is 12.3. The van der Waals surface area contributed by atoms with E-state index in [0.29, 0.717) is 11.4 Å². The minimum Gasteiger partial charge on any atom is -0.505 e. The van der Waals surface area contributed by atoms with Crippen LogP contribution in [0.1, 0.15) is 126 Å². The quantitative estimate of drug-likeness (QED) is 0.125. The number of rotatable bonds is 7. The maximum Gasteiger partial charge on any atom is 0.151 e. The third-order valence-electron chi connectivity index (χ3n) is 7.05. The van der Waals surface area contributed by atoms with Crippen molar-refractivity contribution in [2.45, 2.75) is 116 Å². The lowest BCUT2D eigenvalue weighted by atomic mass is 10.0. The first-order chi connectivity index (χ1) is 28.8. The molecule has 0 amide bonds. The molecule has 0 aliphatic heterocycles. The van der Waals surface area contributed by atoms with Crippen LogP contribution in [-0.2, 0) is 0 Å². The van der Waals surface area contributed by atoms with Crippen molar-refractivity contribution in [2.75, 3.05) is 18.9 Å². The van der Waals surface area contributed by atoms with Crippen LogP contribution in [0.3, 0.4) is 0 Å². The van der Waals surface area contributed by atoms with Gasteiger partial charge in [-0.1, -0.05) is 193 Å². The molecular formula is C53H77N5O. The summed E-state index contributed by atoms with van der Waals surface area (Å²) in [5.74, 6) is 0.143. The van der Waals surface area contributed by atoms with Gasteiger partial charge in [0.1, 0.15) is 5.69 Å². The van der Waals surface area contributed by atoms with Crippen LogP contribution in [0.4, 0.5) is 22.7 Å². The third-order valence-corrected chi connectivity index (χ3v) is 7.05. The lowest BCUT2D eigenvalue weighted by Crippen LogP contribution is -1.95. The number of nitrogens with zero attached hydrogens (tertiary/aromatic N) is 4. The third kappa shape index (κ3) is 22.2. The van der Waals surface area contributed by atoms with Crippen molar-refractivity contribution in [3.05, 3.63) is 138 Å². The number of hydrogen-bond acceptors (Lipinski definition) is 6. The monoisotopic (exact) mass is 800 g/mol. The molecule has 0 bridgehead atoms. The molecule has 0 saturated heterocycles. The predicted molar refractivity (Wildman–Crippen MR) is 267 cm³/mol. The molecule has 59 heavy (non-hydrogen) atoms. The Morgan fingerprint density at radius 2 is 0.915 bits per heavy atom. The van der Waals surface area contributed by atoms with Crippen molar-refractivity contribution in [3.63, 3.8) is 0 Å². The zero-order valence-corrected chi connectivity index (χ0v) is 39.3. The first-order valence-corrected chi connectivity index (χ1v) is 21.8. The van der Waals surface area contributed by atoms with Crippen LogP contribution in [0.15, 0.2) is 142 Å². The molecule has 0 atom stereocenters. The number of benzene rings is 6. The van der Waals surface area contributed by atoms with Gasteiger partial charge in [0.05, 0.1) is 11.4 Å². The minimum atomic E-state index is 0.143. The van der Waals surface area contributed by atoms with Crippen LogP contribution in [0.5, 0.6) is 5.75 Å². The molecule has 0 heterocycles. The number of aryl methyl sites for hydroxylation is 1.